The lowest BCUT2D eigenvalue weighted by atomic mass is 10.1. The van der Waals surface area contributed by atoms with E-state index in [9.17, 15) is 4.79 Å². The van der Waals surface area contributed by atoms with Gasteiger partial charge in [0.25, 0.3) is 0 Å². The topological polar surface area (TPSA) is 32.3 Å². The van der Waals surface area contributed by atoms with Crippen LogP contribution in [-0.4, -0.2) is 36.5 Å². The van der Waals surface area contributed by atoms with Crippen molar-refractivity contribution in [3.05, 3.63) is 0 Å². The van der Waals surface area contributed by atoms with Gasteiger partial charge >= 0.3 is 0 Å². The van der Waals surface area contributed by atoms with Gasteiger partial charge in [0.1, 0.15) is 0 Å². The molecule has 0 aromatic heterocycles. The largest absolute Gasteiger partial charge is 0.355 e. The average Bonchev–Trinajstić information content (AvgIpc) is 2.31. The molecular weight excluding hydrogens is 140 g/mol. The molecule has 0 saturated carbocycles. The summed E-state index contributed by atoms with van der Waals surface area (Å²) in [6, 6.07) is 0.553. The molecule has 2 aliphatic rings. The summed E-state index contributed by atoms with van der Waals surface area (Å²) in [6.07, 6.45) is 3.21. The van der Waals surface area contributed by atoms with E-state index in [1.165, 1.54) is 19.4 Å². The summed E-state index contributed by atoms with van der Waals surface area (Å²) in [7, 11) is 0. The van der Waals surface area contributed by atoms with Crippen LogP contribution in [-0.2, 0) is 4.79 Å². The van der Waals surface area contributed by atoms with Crippen LogP contribution >= 0.6 is 0 Å². The van der Waals surface area contributed by atoms with Crippen molar-refractivity contribution in [1.82, 2.24) is 10.2 Å². The summed E-state index contributed by atoms with van der Waals surface area (Å²) in [4.78, 5) is 13.5. The molecule has 0 unspecified atom stereocenters. The number of carbonyl (C=O) groups is 1. The number of fused-ring (bicyclic) bond motifs is 1. The van der Waals surface area contributed by atoms with E-state index < -0.39 is 0 Å². The van der Waals surface area contributed by atoms with Crippen molar-refractivity contribution >= 4 is 5.91 Å². The molecule has 0 spiro atoms. The molecule has 1 N–H and O–H groups in total. The normalized spacial score (nSPS) is 32.7. The van der Waals surface area contributed by atoms with E-state index >= 15 is 0 Å². The molecule has 0 aromatic rings. The van der Waals surface area contributed by atoms with Crippen molar-refractivity contribution in [3.63, 3.8) is 0 Å². The second kappa shape index (κ2) is 2.81. The van der Waals surface area contributed by atoms with Gasteiger partial charge in [0, 0.05) is 25.6 Å². The molecule has 3 nitrogen and oxygen atoms in total. The molecule has 2 saturated heterocycles. The molecule has 0 aromatic carbocycles. The van der Waals surface area contributed by atoms with Gasteiger partial charge in [-0.2, -0.15) is 0 Å². The Bertz CT molecular complexity index is 169. The van der Waals surface area contributed by atoms with Crippen LogP contribution in [0.4, 0.5) is 0 Å². The molecule has 1 atom stereocenters. The molecule has 3 heteroatoms. The summed E-state index contributed by atoms with van der Waals surface area (Å²) >= 11 is 0. The Morgan fingerprint density at radius 3 is 3.27 bits per heavy atom. The molecule has 0 bridgehead atoms. The Morgan fingerprint density at radius 2 is 2.36 bits per heavy atom. The van der Waals surface area contributed by atoms with Crippen LogP contribution in [0.3, 0.4) is 0 Å². The maximum absolute atomic E-state index is 11.1. The fourth-order valence-electron chi connectivity index (χ4n) is 2.05. The fraction of sp³-hybridized carbons (Fsp3) is 0.875. The zero-order chi connectivity index (χ0) is 7.68. The van der Waals surface area contributed by atoms with Gasteiger partial charge in [-0.3, -0.25) is 9.69 Å². The molecule has 2 heterocycles. The first-order valence-corrected chi connectivity index (χ1v) is 4.37. The van der Waals surface area contributed by atoms with Crippen LogP contribution in [0.5, 0.6) is 0 Å². The van der Waals surface area contributed by atoms with Crippen molar-refractivity contribution in [1.29, 1.82) is 0 Å². The minimum atomic E-state index is 0.236. The van der Waals surface area contributed by atoms with E-state index in [-0.39, 0.29) is 5.91 Å². The van der Waals surface area contributed by atoms with E-state index in [4.69, 9.17) is 0 Å². The van der Waals surface area contributed by atoms with Crippen molar-refractivity contribution in [2.75, 3.05) is 19.6 Å². The van der Waals surface area contributed by atoms with Crippen LogP contribution in [0.2, 0.25) is 0 Å². The first-order chi connectivity index (χ1) is 5.36. The van der Waals surface area contributed by atoms with Gasteiger partial charge in [-0.15, -0.1) is 0 Å². The van der Waals surface area contributed by atoms with Crippen molar-refractivity contribution in [2.45, 2.75) is 25.3 Å². The predicted octanol–water partition coefficient (Wildman–Crippen LogP) is -0.0293. The van der Waals surface area contributed by atoms with Crippen LogP contribution in [0.1, 0.15) is 19.3 Å². The Labute approximate surface area is 66.8 Å². The number of hydrogen-bond acceptors (Lipinski definition) is 2. The van der Waals surface area contributed by atoms with E-state index in [0.717, 1.165) is 19.5 Å². The average molecular weight is 154 g/mol. The number of carbonyl (C=O) groups excluding carboxylic acids is 1. The van der Waals surface area contributed by atoms with Crippen LogP contribution < -0.4 is 5.32 Å². The molecule has 0 radical (unpaired) electrons. The number of rotatable bonds is 0. The summed E-state index contributed by atoms with van der Waals surface area (Å²) in [5.41, 5.74) is 0. The zero-order valence-corrected chi connectivity index (χ0v) is 6.68. The Hall–Kier alpha value is -0.570. The summed E-state index contributed by atoms with van der Waals surface area (Å²) in [5.74, 6) is 0.236. The molecule has 62 valence electrons. The SMILES string of the molecule is O=C1C[C@@H]2CCCN2CCN1. The third-order valence-electron chi connectivity index (χ3n) is 2.64. The third-order valence-corrected chi connectivity index (χ3v) is 2.64. The second-order valence-electron chi connectivity index (χ2n) is 3.39. The molecule has 2 rings (SSSR count). The van der Waals surface area contributed by atoms with Gasteiger partial charge in [0.15, 0.2) is 0 Å². The van der Waals surface area contributed by atoms with Crippen LogP contribution in [0.25, 0.3) is 0 Å². The minimum absolute atomic E-state index is 0.236. The van der Waals surface area contributed by atoms with Gasteiger partial charge in [-0.05, 0) is 19.4 Å². The maximum atomic E-state index is 11.1. The number of hydrogen-bond donors (Lipinski definition) is 1. The maximum Gasteiger partial charge on any atom is 0.221 e. The van der Waals surface area contributed by atoms with Crippen molar-refractivity contribution < 1.29 is 4.79 Å². The second-order valence-corrected chi connectivity index (χ2v) is 3.39. The van der Waals surface area contributed by atoms with E-state index in [1.54, 1.807) is 0 Å². The molecule has 2 fully saturated rings. The van der Waals surface area contributed by atoms with Gasteiger partial charge in [0.05, 0.1) is 0 Å². The highest BCUT2D eigenvalue weighted by atomic mass is 16.1. The third kappa shape index (κ3) is 1.38. The lowest BCUT2D eigenvalue weighted by molar-refractivity contribution is -0.121. The minimum Gasteiger partial charge on any atom is -0.355 e. The van der Waals surface area contributed by atoms with Gasteiger partial charge in [-0.25, -0.2) is 0 Å². The number of nitrogens with one attached hydrogen (secondary N) is 1. The summed E-state index contributed by atoms with van der Waals surface area (Å²) in [5, 5.41) is 2.89. The van der Waals surface area contributed by atoms with Gasteiger partial charge < -0.3 is 5.32 Å². The quantitative estimate of drug-likeness (QED) is 0.531. The van der Waals surface area contributed by atoms with Crippen LogP contribution in [0.15, 0.2) is 0 Å². The standard InChI is InChI=1S/C8H14N2O/c11-8-6-7-2-1-4-10(7)5-3-9-8/h7H,1-6H2,(H,9,11)/t7-/m0/s1. The van der Waals surface area contributed by atoms with Gasteiger partial charge in [-0.1, -0.05) is 0 Å². The predicted molar refractivity (Wildman–Crippen MR) is 42.2 cm³/mol. The lowest BCUT2D eigenvalue weighted by Gasteiger charge is -2.19. The molecule has 2 aliphatic heterocycles. The zero-order valence-electron chi connectivity index (χ0n) is 6.68. The highest BCUT2D eigenvalue weighted by Crippen LogP contribution is 2.20. The highest BCUT2D eigenvalue weighted by molar-refractivity contribution is 5.76. The molecule has 1 amide bonds. The number of amides is 1. The van der Waals surface area contributed by atoms with Crippen LogP contribution in [0, 0.1) is 0 Å². The van der Waals surface area contributed by atoms with E-state index in [0.29, 0.717) is 6.04 Å². The first-order valence-electron chi connectivity index (χ1n) is 4.37. The lowest BCUT2D eigenvalue weighted by Crippen LogP contribution is -2.30. The molecule has 11 heavy (non-hydrogen) atoms. The molecule has 0 aliphatic carbocycles. The van der Waals surface area contributed by atoms with E-state index in [2.05, 4.69) is 10.2 Å². The summed E-state index contributed by atoms with van der Waals surface area (Å²) < 4.78 is 0. The Kier molecular flexibility index (Phi) is 1.82. The number of nitrogens with zero attached hydrogens (tertiary/aromatic N) is 1. The first kappa shape index (κ1) is 7.10. The van der Waals surface area contributed by atoms with Crippen molar-refractivity contribution in [3.8, 4) is 0 Å². The Balaban J connectivity index is 2.03. The highest BCUT2D eigenvalue weighted by Gasteiger charge is 2.28. The monoisotopic (exact) mass is 154 g/mol. The van der Waals surface area contributed by atoms with Crippen molar-refractivity contribution in [2.24, 2.45) is 0 Å². The fourth-order valence-corrected chi connectivity index (χ4v) is 2.05. The van der Waals surface area contributed by atoms with E-state index in [1.807, 2.05) is 0 Å². The van der Waals surface area contributed by atoms with Gasteiger partial charge in [0.2, 0.25) is 5.91 Å². The Morgan fingerprint density at radius 1 is 1.45 bits per heavy atom. The summed E-state index contributed by atoms with van der Waals surface area (Å²) in [6.45, 7) is 3.09. The molecular formula is C8H14N2O. The smallest absolute Gasteiger partial charge is 0.221 e.